The summed E-state index contributed by atoms with van der Waals surface area (Å²) in [6.45, 7) is 3.31. The fourth-order valence-electron chi connectivity index (χ4n) is 1.73. The molecule has 1 heterocycles. The minimum atomic E-state index is -3.83. The van der Waals surface area contributed by atoms with Gasteiger partial charge in [-0.1, -0.05) is 0 Å². The van der Waals surface area contributed by atoms with E-state index in [4.69, 9.17) is 10.7 Å². The molecule has 0 aliphatic carbocycles. The van der Waals surface area contributed by atoms with Crippen LogP contribution in [0.1, 0.15) is 11.3 Å². The number of benzene rings is 1. The van der Waals surface area contributed by atoms with Gasteiger partial charge in [0.15, 0.2) is 0 Å². The minimum Gasteiger partial charge on any atom is -0.236 e. The first-order valence-corrected chi connectivity index (χ1v) is 7.37. The molecule has 0 bridgehead atoms. The summed E-state index contributed by atoms with van der Waals surface area (Å²) in [5.41, 5.74) is 1.65. The van der Waals surface area contributed by atoms with Gasteiger partial charge >= 0.3 is 0 Å². The second kappa shape index (κ2) is 4.37. The van der Waals surface area contributed by atoms with Crippen LogP contribution in [0.2, 0.25) is 0 Å². The van der Waals surface area contributed by atoms with Crippen LogP contribution in [0.25, 0.3) is 5.69 Å². The van der Waals surface area contributed by atoms with Crippen LogP contribution < -0.4 is 0 Å². The molecule has 0 aliphatic rings. The van der Waals surface area contributed by atoms with E-state index < -0.39 is 9.05 Å². The predicted octanol–water partition coefficient (Wildman–Crippen LogP) is 2.56. The van der Waals surface area contributed by atoms with E-state index in [0.29, 0.717) is 16.9 Å². The maximum atomic E-state index is 13.0. The van der Waals surface area contributed by atoms with E-state index in [1.807, 2.05) is 0 Å². The summed E-state index contributed by atoms with van der Waals surface area (Å²) in [7, 11) is 1.46. The Morgan fingerprint density at radius 1 is 1.33 bits per heavy atom. The Morgan fingerprint density at radius 3 is 2.50 bits per heavy atom. The van der Waals surface area contributed by atoms with Gasteiger partial charge in [0.1, 0.15) is 10.7 Å². The Balaban J connectivity index is 2.63. The quantitative estimate of drug-likeness (QED) is 0.798. The van der Waals surface area contributed by atoms with Crippen molar-refractivity contribution < 1.29 is 12.8 Å². The summed E-state index contributed by atoms with van der Waals surface area (Å²) in [5.74, 6) is -0.355. The van der Waals surface area contributed by atoms with E-state index in [0.717, 1.165) is 0 Å². The maximum absolute atomic E-state index is 13.0. The average molecular weight is 289 g/mol. The first-order valence-electron chi connectivity index (χ1n) is 5.06. The summed E-state index contributed by atoms with van der Waals surface area (Å²) in [5, 5.41) is 3.97. The lowest BCUT2D eigenvalue weighted by Crippen LogP contribution is -2.03. The van der Waals surface area contributed by atoms with Gasteiger partial charge in [0.2, 0.25) is 0 Å². The summed E-state index contributed by atoms with van der Waals surface area (Å²) < 4.78 is 37.0. The molecule has 0 unspecified atom stereocenters. The third-order valence-corrected chi connectivity index (χ3v) is 4.04. The normalized spacial score (nSPS) is 11.8. The first-order chi connectivity index (χ1) is 8.30. The van der Waals surface area contributed by atoms with Crippen molar-refractivity contribution in [2.75, 3.05) is 0 Å². The van der Waals surface area contributed by atoms with Gasteiger partial charge < -0.3 is 0 Å². The van der Waals surface area contributed by atoms with Crippen LogP contribution in [0.5, 0.6) is 0 Å². The van der Waals surface area contributed by atoms with Crippen molar-refractivity contribution in [2.45, 2.75) is 18.7 Å². The van der Waals surface area contributed by atoms with Gasteiger partial charge in [0.05, 0.1) is 17.6 Å². The average Bonchev–Trinajstić information content (AvgIpc) is 2.60. The van der Waals surface area contributed by atoms with Crippen LogP contribution in [-0.4, -0.2) is 18.2 Å². The van der Waals surface area contributed by atoms with Crippen molar-refractivity contribution in [3.8, 4) is 5.69 Å². The summed E-state index contributed by atoms with van der Waals surface area (Å²) in [6, 6.07) is 4.18. The Hall–Kier alpha value is -1.40. The first kappa shape index (κ1) is 13.0. The molecular formula is C11H10ClFN2O2S. The number of hydrogen-bond acceptors (Lipinski definition) is 3. The number of nitrogens with zero attached hydrogens (tertiary/aromatic N) is 2. The largest absolute Gasteiger partial charge is 0.264 e. The zero-order valence-corrected chi connectivity index (χ0v) is 11.3. The van der Waals surface area contributed by atoms with Crippen molar-refractivity contribution in [2.24, 2.45) is 0 Å². The van der Waals surface area contributed by atoms with E-state index in [1.165, 1.54) is 29.1 Å². The molecule has 2 aromatic rings. The highest BCUT2D eigenvalue weighted by molar-refractivity contribution is 8.13. The number of aryl methyl sites for hydroxylation is 1. The van der Waals surface area contributed by atoms with Gasteiger partial charge in [-0.15, -0.1) is 0 Å². The molecule has 7 heteroatoms. The highest BCUT2D eigenvalue weighted by Crippen LogP contribution is 2.23. The number of aromatic nitrogens is 2. The van der Waals surface area contributed by atoms with Crippen LogP contribution in [0.15, 0.2) is 29.3 Å². The smallest absolute Gasteiger partial charge is 0.236 e. The van der Waals surface area contributed by atoms with Gasteiger partial charge in [-0.3, -0.25) is 0 Å². The van der Waals surface area contributed by atoms with Gasteiger partial charge in [0, 0.05) is 10.7 Å². The topological polar surface area (TPSA) is 52.0 Å². The standard InChI is InChI=1S/C11H10ClFN2O2S/c1-7-5-9(13)3-4-10(7)15-8(2)11(6-14-15)18(12,16)17/h3-6H,1-2H3. The fourth-order valence-corrected chi connectivity index (χ4v) is 2.80. The molecule has 0 atom stereocenters. The van der Waals surface area contributed by atoms with Crippen molar-refractivity contribution in [1.29, 1.82) is 0 Å². The van der Waals surface area contributed by atoms with E-state index in [1.54, 1.807) is 13.8 Å². The molecule has 0 spiro atoms. The molecule has 1 aromatic heterocycles. The highest BCUT2D eigenvalue weighted by Gasteiger charge is 2.19. The van der Waals surface area contributed by atoms with Crippen LogP contribution in [0.3, 0.4) is 0 Å². The van der Waals surface area contributed by atoms with E-state index in [9.17, 15) is 12.8 Å². The Labute approximate surface area is 108 Å². The molecule has 0 saturated carbocycles. The van der Waals surface area contributed by atoms with Gasteiger partial charge in [0.25, 0.3) is 9.05 Å². The van der Waals surface area contributed by atoms with Crippen LogP contribution in [-0.2, 0) is 9.05 Å². The molecule has 18 heavy (non-hydrogen) atoms. The van der Waals surface area contributed by atoms with Crippen LogP contribution in [0.4, 0.5) is 4.39 Å². The number of halogens is 2. The summed E-state index contributed by atoms with van der Waals surface area (Å²) in [6.07, 6.45) is 1.18. The van der Waals surface area contributed by atoms with E-state index in [2.05, 4.69) is 5.10 Å². The van der Waals surface area contributed by atoms with Crippen LogP contribution >= 0.6 is 10.7 Å². The van der Waals surface area contributed by atoms with Crippen molar-refractivity contribution in [3.05, 3.63) is 41.5 Å². The zero-order chi connectivity index (χ0) is 13.5. The lowest BCUT2D eigenvalue weighted by molar-refractivity contribution is 0.608. The maximum Gasteiger partial charge on any atom is 0.264 e. The van der Waals surface area contributed by atoms with Gasteiger partial charge in [-0.2, -0.15) is 5.10 Å². The van der Waals surface area contributed by atoms with Crippen molar-refractivity contribution in [3.63, 3.8) is 0 Å². The SMILES string of the molecule is Cc1cc(F)ccc1-n1ncc(S(=O)(=O)Cl)c1C. The molecule has 96 valence electrons. The predicted molar refractivity (Wildman–Crippen MR) is 66.0 cm³/mol. The van der Waals surface area contributed by atoms with Gasteiger partial charge in [-0.05, 0) is 37.6 Å². The summed E-state index contributed by atoms with van der Waals surface area (Å²) >= 11 is 0. The molecule has 0 saturated heterocycles. The van der Waals surface area contributed by atoms with Crippen molar-refractivity contribution >= 4 is 19.7 Å². The summed E-state index contributed by atoms with van der Waals surface area (Å²) in [4.78, 5) is -0.0482. The molecule has 0 amide bonds. The monoisotopic (exact) mass is 288 g/mol. The Kier molecular flexibility index (Phi) is 3.16. The molecule has 0 fully saturated rings. The lowest BCUT2D eigenvalue weighted by Gasteiger charge is -2.08. The molecule has 0 N–H and O–H groups in total. The lowest BCUT2D eigenvalue weighted by atomic mass is 10.2. The van der Waals surface area contributed by atoms with Crippen LogP contribution in [0, 0.1) is 19.7 Å². The number of rotatable bonds is 2. The minimum absolute atomic E-state index is 0.0482. The third kappa shape index (κ3) is 2.26. The molecule has 0 aliphatic heterocycles. The Bertz CT molecular complexity index is 710. The molecule has 2 rings (SSSR count). The fraction of sp³-hybridized carbons (Fsp3) is 0.182. The zero-order valence-electron chi connectivity index (χ0n) is 9.68. The second-order valence-electron chi connectivity index (χ2n) is 3.87. The number of hydrogen-bond donors (Lipinski definition) is 0. The van der Waals surface area contributed by atoms with E-state index in [-0.39, 0.29) is 10.7 Å². The van der Waals surface area contributed by atoms with E-state index >= 15 is 0 Å². The Morgan fingerprint density at radius 2 is 2.00 bits per heavy atom. The second-order valence-corrected chi connectivity index (χ2v) is 6.41. The molecule has 1 aromatic carbocycles. The van der Waals surface area contributed by atoms with Gasteiger partial charge in [-0.25, -0.2) is 17.5 Å². The molecular weight excluding hydrogens is 279 g/mol. The molecule has 0 radical (unpaired) electrons. The van der Waals surface area contributed by atoms with Crippen molar-refractivity contribution in [1.82, 2.24) is 9.78 Å². The molecule has 4 nitrogen and oxygen atoms in total. The third-order valence-electron chi connectivity index (χ3n) is 2.61. The highest BCUT2D eigenvalue weighted by atomic mass is 35.7.